The fourth-order valence-corrected chi connectivity index (χ4v) is 3.83. The fourth-order valence-electron chi connectivity index (χ4n) is 3.07. The maximum absolute atomic E-state index is 6.64. The summed E-state index contributed by atoms with van der Waals surface area (Å²) in [7, 11) is 0. The Morgan fingerprint density at radius 3 is 2.65 bits per heavy atom. The van der Waals surface area contributed by atoms with Crippen molar-refractivity contribution in [3.8, 4) is 0 Å². The van der Waals surface area contributed by atoms with E-state index in [1.54, 1.807) is 11.3 Å². The predicted octanol–water partition coefficient (Wildman–Crippen LogP) is 4.53. The number of hydrogen-bond donors (Lipinski definition) is 1. The van der Waals surface area contributed by atoms with Crippen molar-refractivity contribution in [2.24, 2.45) is 17.1 Å². The van der Waals surface area contributed by atoms with E-state index in [0.29, 0.717) is 5.41 Å². The molecule has 2 N–H and O–H groups in total. The van der Waals surface area contributed by atoms with Crippen molar-refractivity contribution in [3.05, 3.63) is 22.4 Å². The lowest BCUT2D eigenvalue weighted by molar-refractivity contribution is 0.211. The molecule has 1 saturated carbocycles. The van der Waals surface area contributed by atoms with Gasteiger partial charge in [-0.25, -0.2) is 0 Å². The normalized spacial score (nSPS) is 31.2. The Morgan fingerprint density at radius 1 is 1.29 bits per heavy atom. The minimum absolute atomic E-state index is 0.0556. The molecule has 1 heterocycles. The Labute approximate surface area is 109 Å². The zero-order valence-corrected chi connectivity index (χ0v) is 12.1. The van der Waals surface area contributed by atoms with Crippen LogP contribution in [0.4, 0.5) is 0 Å². The Hall–Kier alpha value is -0.340. The van der Waals surface area contributed by atoms with Gasteiger partial charge in [-0.2, -0.15) is 11.3 Å². The summed E-state index contributed by atoms with van der Waals surface area (Å²) in [5, 5.41) is 4.38. The molecule has 1 aliphatic rings. The summed E-state index contributed by atoms with van der Waals surface area (Å²) in [5.41, 5.74) is 8.37. The molecule has 0 saturated heterocycles. The fraction of sp³-hybridized carbons (Fsp3) is 0.733. The Morgan fingerprint density at radius 2 is 2.06 bits per heavy atom. The van der Waals surface area contributed by atoms with Gasteiger partial charge in [-0.1, -0.05) is 27.2 Å². The number of rotatable bonds is 1. The first-order valence-electron chi connectivity index (χ1n) is 6.73. The Balaban J connectivity index is 2.10. The summed E-state index contributed by atoms with van der Waals surface area (Å²) in [6.45, 7) is 7.10. The highest BCUT2D eigenvalue weighted by atomic mass is 32.1. The van der Waals surface area contributed by atoms with Crippen LogP contribution in [0, 0.1) is 11.3 Å². The van der Waals surface area contributed by atoms with Gasteiger partial charge in [-0.3, -0.25) is 0 Å². The molecular formula is C15H25NS. The van der Waals surface area contributed by atoms with Gasteiger partial charge in [-0.05, 0) is 59.4 Å². The average molecular weight is 251 g/mol. The molecule has 0 aliphatic heterocycles. The van der Waals surface area contributed by atoms with Gasteiger partial charge in [0.15, 0.2) is 0 Å². The molecule has 1 nitrogen and oxygen atoms in total. The molecule has 1 aromatic heterocycles. The molecule has 2 rings (SSSR count). The number of nitrogens with two attached hydrogens (primary N) is 1. The van der Waals surface area contributed by atoms with Gasteiger partial charge >= 0.3 is 0 Å². The third-order valence-corrected chi connectivity index (χ3v) is 5.12. The number of thiophene rings is 1. The second kappa shape index (κ2) is 4.74. The Kier molecular flexibility index (Phi) is 3.65. The van der Waals surface area contributed by atoms with Crippen LogP contribution in [0.1, 0.15) is 58.4 Å². The van der Waals surface area contributed by atoms with Gasteiger partial charge in [0.05, 0.1) is 0 Å². The maximum Gasteiger partial charge on any atom is 0.0418 e. The molecule has 0 bridgehead atoms. The summed E-state index contributed by atoms with van der Waals surface area (Å²) in [5.74, 6) is 0.826. The first-order valence-corrected chi connectivity index (χ1v) is 7.68. The standard InChI is InChI=1S/C15H25NS/c1-14(2,3)12-5-4-8-15(16,9-6-12)13-7-10-17-11-13/h7,10-12H,4-6,8-9,16H2,1-3H3. The highest BCUT2D eigenvalue weighted by molar-refractivity contribution is 7.08. The lowest BCUT2D eigenvalue weighted by Gasteiger charge is -2.31. The van der Waals surface area contributed by atoms with Gasteiger partial charge in [0.25, 0.3) is 0 Å². The first kappa shape index (κ1) is 13.1. The molecular weight excluding hydrogens is 226 g/mol. The van der Waals surface area contributed by atoms with E-state index in [2.05, 4.69) is 37.6 Å². The lowest BCUT2D eigenvalue weighted by Crippen LogP contribution is -2.35. The second-order valence-corrected chi connectivity index (χ2v) is 7.44. The lowest BCUT2D eigenvalue weighted by atomic mass is 9.76. The van der Waals surface area contributed by atoms with Crippen LogP contribution < -0.4 is 5.73 Å². The van der Waals surface area contributed by atoms with Crippen molar-refractivity contribution >= 4 is 11.3 Å². The molecule has 96 valence electrons. The Bertz CT molecular complexity index is 349. The van der Waals surface area contributed by atoms with E-state index in [1.165, 1.54) is 24.8 Å². The molecule has 0 radical (unpaired) electrons. The molecule has 2 unspecified atom stereocenters. The maximum atomic E-state index is 6.64. The molecule has 0 spiro atoms. The minimum atomic E-state index is -0.0556. The number of hydrogen-bond acceptors (Lipinski definition) is 2. The molecule has 2 atom stereocenters. The van der Waals surface area contributed by atoms with Gasteiger partial charge in [0, 0.05) is 5.54 Å². The molecule has 0 aromatic carbocycles. The van der Waals surface area contributed by atoms with Crippen molar-refractivity contribution in [1.82, 2.24) is 0 Å². The van der Waals surface area contributed by atoms with Crippen LogP contribution in [0.5, 0.6) is 0 Å². The predicted molar refractivity (Wildman–Crippen MR) is 76.2 cm³/mol. The van der Waals surface area contributed by atoms with Crippen LogP contribution >= 0.6 is 11.3 Å². The summed E-state index contributed by atoms with van der Waals surface area (Å²) < 4.78 is 0. The van der Waals surface area contributed by atoms with E-state index in [1.807, 2.05) is 0 Å². The van der Waals surface area contributed by atoms with Crippen molar-refractivity contribution in [2.75, 3.05) is 0 Å². The molecule has 1 aliphatic carbocycles. The smallest absolute Gasteiger partial charge is 0.0418 e. The van der Waals surface area contributed by atoms with Gasteiger partial charge < -0.3 is 5.73 Å². The summed E-state index contributed by atoms with van der Waals surface area (Å²) >= 11 is 1.76. The van der Waals surface area contributed by atoms with E-state index in [9.17, 15) is 0 Å². The van der Waals surface area contributed by atoms with Crippen LogP contribution in [0.15, 0.2) is 16.8 Å². The molecule has 1 aromatic rings. The zero-order valence-electron chi connectivity index (χ0n) is 11.3. The van der Waals surface area contributed by atoms with Gasteiger partial charge in [0.2, 0.25) is 0 Å². The van der Waals surface area contributed by atoms with Crippen LogP contribution in [-0.4, -0.2) is 0 Å². The van der Waals surface area contributed by atoms with E-state index >= 15 is 0 Å². The van der Waals surface area contributed by atoms with Crippen LogP contribution in [0.3, 0.4) is 0 Å². The second-order valence-electron chi connectivity index (χ2n) is 6.66. The summed E-state index contributed by atoms with van der Waals surface area (Å²) in [6.07, 6.45) is 6.18. The van der Waals surface area contributed by atoms with Crippen molar-refractivity contribution < 1.29 is 0 Å². The first-order chi connectivity index (χ1) is 7.92. The summed E-state index contributed by atoms with van der Waals surface area (Å²) in [4.78, 5) is 0. The molecule has 1 fully saturated rings. The molecule has 0 amide bonds. The zero-order chi connectivity index (χ0) is 12.5. The third kappa shape index (κ3) is 2.92. The quantitative estimate of drug-likeness (QED) is 0.729. The van der Waals surface area contributed by atoms with E-state index < -0.39 is 0 Å². The van der Waals surface area contributed by atoms with Crippen molar-refractivity contribution in [2.45, 2.75) is 58.4 Å². The molecule has 17 heavy (non-hydrogen) atoms. The van der Waals surface area contributed by atoms with Crippen molar-refractivity contribution in [3.63, 3.8) is 0 Å². The average Bonchev–Trinajstić information content (AvgIpc) is 2.68. The molecule has 2 heteroatoms. The van der Waals surface area contributed by atoms with E-state index in [0.717, 1.165) is 18.8 Å². The van der Waals surface area contributed by atoms with Crippen LogP contribution in [-0.2, 0) is 5.54 Å². The highest BCUT2D eigenvalue weighted by Gasteiger charge is 2.34. The monoisotopic (exact) mass is 251 g/mol. The van der Waals surface area contributed by atoms with E-state index in [4.69, 9.17) is 5.73 Å². The van der Waals surface area contributed by atoms with Gasteiger partial charge in [0.1, 0.15) is 0 Å². The summed E-state index contributed by atoms with van der Waals surface area (Å²) in [6, 6.07) is 2.21. The van der Waals surface area contributed by atoms with E-state index in [-0.39, 0.29) is 5.54 Å². The third-order valence-electron chi connectivity index (χ3n) is 4.44. The SMILES string of the molecule is CC(C)(C)C1CCCC(N)(c2ccsc2)CC1. The minimum Gasteiger partial charge on any atom is -0.321 e. The topological polar surface area (TPSA) is 26.0 Å². The highest BCUT2D eigenvalue weighted by Crippen LogP contribution is 2.42. The largest absolute Gasteiger partial charge is 0.321 e. The van der Waals surface area contributed by atoms with Crippen molar-refractivity contribution in [1.29, 1.82) is 0 Å². The van der Waals surface area contributed by atoms with Gasteiger partial charge in [-0.15, -0.1) is 0 Å². The van der Waals surface area contributed by atoms with Crippen LogP contribution in [0.2, 0.25) is 0 Å². The van der Waals surface area contributed by atoms with Crippen LogP contribution in [0.25, 0.3) is 0 Å².